The van der Waals surface area contributed by atoms with Crippen LogP contribution in [0.2, 0.25) is 0 Å². The average molecular weight is 431 g/mol. The van der Waals surface area contributed by atoms with E-state index in [-0.39, 0.29) is 6.04 Å². The molecule has 0 bridgehead atoms. The Bertz CT molecular complexity index is 1150. The van der Waals surface area contributed by atoms with Gasteiger partial charge in [0, 0.05) is 23.5 Å². The van der Waals surface area contributed by atoms with Crippen molar-refractivity contribution in [3.05, 3.63) is 83.7 Å². The van der Waals surface area contributed by atoms with Gasteiger partial charge < -0.3 is 24.4 Å². The summed E-state index contributed by atoms with van der Waals surface area (Å²) in [4.78, 5) is 4.27. The van der Waals surface area contributed by atoms with Gasteiger partial charge in [0.2, 0.25) is 0 Å². The van der Waals surface area contributed by atoms with Crippen molar-refractivity contribution in [1.82, 2.24) is 15.4 Å². The quantitative estimate of drug-likeness (QED) is 0.617. The smallest absolute Gasteiger partial charge is 0.199 e. The summed E-state index contributed by atoms with van der Waals surface area (Å²) >= 11 is 0. The largest absolute Gasteiger partial charge is 0.493 e. The van der Waals surface area contributed by atoms with Crippen LogP contribution in [0.5, 0.6) is 23.0 Å². The number of pyridine rings is 1. The molecule has 0 radical (unpaired) electrons. The van der Waals surface area contributed by atoms with Crippen LogP contribution >= 0.6 is 0 Å². The van der Waals surface area contributed by atoms with Gasteiger partial charge in [0.25, 0.3) is 0 Å². The Kier molecular flexibility index (Phi) is 5.33. The summed E-state index contributed by atoms with van der Waals surface area (Å²) in [5.74, 6) is 2.73. The Hall–Kier alpha value is -3.71. The lowest BCUT2D eigenvalue weighted by Gasteiger charge is -2.39. The molecule has 0 fully saturated rings. The predicted molar refractivity (Wildman–Crippen MR) is 120 cm³/mol. The van der Waals surface area contributed by atoms with E-state index in [9.17, 15) is 0 Å². The van der Waals surface area contributed by atoms with Gasteiger partial charge in [-0.2, -0.15) is 5.01 Å². The Morgan fingerprint density at radius 1 is 1.00 bits per heavy atom. The topological polar surface area (TPSA) is 65.1 Å². The van der Waals surface area contributed by atoms with Crippen LogP contribution in [0, 0.1) is 0 Å². The molecule has 2 aliphatic heterocycles. The van der Waals surface area contributed by atoms with Crippen molar-refractivity contribution in [2.24, 2.45) is 0 Å². The van der Waals surface area contributed by atoms with Crippen LogP contribution in [0.4, 0.5) is 0 Å². The number of ether oxygens (including phenoxy) is 4. The fourth-order valence-corrected chi connectivity index (χ4v) is 4.26. The van der Waals surface area contributed by atoms with Crippen LogP contribution in [0.25, 0.3) is 5.70 Å². The number of para-hydroxylation sites is 2. The predicted octanol–water partition coefficient (Wildman–Crippen LogP) is 4.49. The summed E-state index contributed by atoms with van der Waals surface area (Å²) in [5, 5.41) is 2.08. The zero-order valence-electron chi connectivity index (χ0n) is 18.2. The first-order chi connectivity index (χ1) is 15.7. The highest BCUT2D eigenvalue weighted by atomic mass is 16.5. The number of aromatic nitrogens is 1. The van der Waals surface area contributed by atoms with Crippen LogP contribution in [-0.2, 0) is 0 Å². The van der Waals surface area contributed by atoms with E-state index < -0.39 is 6.23 Å². The maximum absolute atomic E-state index is 6.60. The van der Waals surface area contributed by atoms with Gasteiger partial charge >= 0.3 is 0 Å². The number of methoxy groups -OCH3 is 2. The van der Waals surface area contributed by atoms with Gasteiger partial charge in [-0.1, -0.05) is 18.2 Å². The monoisotopic (exact) mass is 431 g/mol. The molecule has 2 unspecified atom stereocenters. The normalized spacial score (nSPS) is 19.2. The van der Waals surface area contributed by atoms with Gasteiger partial charge in [-0.05, 0) is 43.3 Å². The van der Waals surface area contributed by atoms with Crippen molar-refractivity contribution >= 4 is 5.70 Å². The van der Waals surface area contributed by atoms with Crippen LogP contribution in [0.15, 0.2) is 67.0 Å². The van der Waals surface area contributed by atoms with Gasteiger partial charge in [-0.15, -0.1) is 0 Å². The molecule has 5 rings (SSSR count). The molecule has 3 heterocycles. The first-order valence-corrected chi connectivity index (χ1v) is 10.6. The van der Waals surface area contributed by atoms with Crippen molar-refractivity contribution in [2.45, 2.75) is 19.2 Å². The Balaban J connectivity index is 1.65. The summed E-state index contributed by atoms with van der Waals surface area (Å²) in [6, 6.07) is 15.7. The van der Waals surface area contributed by atoms with Crippen LogP contribution < -0.4 is 24.4 Å². The van der Waals surface area contributed by atoms with E-state index in [1.54, 1.807) is 20.4 Å². The number of hydrogen-bond acceptors (Lipinski definition) is 7. The van der Waals surface area contributed by atoms with E-state index in [1.807, 2.05) is 55.6 Å². The van der Waals surface area contributed by atoms with E-state index in [1.165, 1.54) is 0 Å². The number of rotatable bonds is 6. The maximum Gasteiger partial charge on any atom is 0.199 e. The molecule has 7 heteroatoms. The van der Waals surface area contributed by atoms with E-state index in [2.05, 4.69) is 27.6 Å². The first-order valence-electron chi connectivity index (χ1n) is 10.6. The molecule has 0 amide bonds. The highest BCUT2D eigenvalue weighted by Crippen LogP contribution is 2.51. The fourth-order valence-electron chi connectivity index (χ4n) is 4.26. The Morgan fingerprint density at radius 3 is 2.53 bits per heavy atom. The molecule has 7 nitrogen and oxygen atoms in total. The fraction of sp³-hybridized carbons (Fsp3) is 0.240. The van der Waals surface area contributed by atoms with E-state index in [0.717, 1.165) is 33.9 Å². The summed E-state index contributed by atoms with van der Waals surface area (Å²) in [7, 11) is 3.27. The van der Waals surface area contributed by atoms with Crippen LogP contribution in [0.1, 0.15) is 35.9 Å². The lowest BCUT2D eigenvalue weighted by Crippen LogP contribution is -2.43. The number of fused-ring (bicyclic) bond motifs is 3. The second-order valence-corrected chi connectivity index (χ2v) is 7.45. The van der Waals surface area contributed by atoms with Crippen molar-refractivity contribution in [3.63, 3.8) is 0 Å². The number of nitrogens with zero attached hydrogens (tertiary/aromatic N) is 2. The molecule has 2 atom stereocenters. The summed E-state index contributed by atoms with van der Waals surface area (Å²) in [5.41, 5.74) is 7.38. The van der Waals surface area contributed by atoms with Gasteiger partial charge in [0.15, 0.2) is 29.2 Å². The SMILES string of the molecule is CCOc1cccc2c1OC(c1cccc(OC)c1OC)N1NC(c3cccnc3)=CC21. The Labute approximate surface area is 187 Å². The highest BCUT2D eigenvalue weighted by Gasteiger charge is 2.42. The molecular formula is C25H25N3O4. The minimum Gasteiger partial charge on any atom is -0.493 e. The third kappa shape index (κ3) is 3.31. The second-order valence-electron chi connectivity index (χ2n) is 7.45. The standard InChI is InChI=1S/C25H25N3O4/c1-4-31-22-12-5-9-17-20-14-19(16-8-7-13-26-15-16)27-28(20)25(32-24(17)22)18-10-6-11-21(29-2)23(18)30-3/h5-15,20,25,27H,4H2,1-3H3. The van der Waals surface area contributed by atoms with E-state index >= 15 is 0 Å². The molecule has 1 N–H and O–H groups in total. The second kappa shape index (κ2) is 8.43. The van der Waals surface area contributed by atoms with Crippen LogP contribution in [0.3, 0.4) is 0 Å². The van der Waals surface area contributed by atoms with E-state index in [0.29, 0.717) is 18.1 Å². The van der Waals surface area contributed by atoms with Gasteiger partial charge in [-0.3, -0.25) is 4.98 Å². The molecule has 0 spiro atoms. The zero-order chi connectivity index (χ0) is 22.1. The van der Waals surface area contributed by atoms with E-state index in [4.69, 9.17) is 18.9 Å². The lowest BCUT2D eigenvalue weighted by molar-refractivity contribution is -0.0359. The molecule has 1 aromatic heterocycles. The molecule has 3 aromatic rings. The number of hydrogen-bond donors (Lipinski definition) is 1. The van der Waals surface area contributed by atoms with Crippen molar-refractivity contribution in [3.8, 4) is 23.0 Å². The number of benzene rings is 2. The molecule has 164 valence electrons. The molecule has 2 aliphatic rings. The average Bonchev–Trinajstić information content (AvgIpc) is 3.30. The van der Waals surface area contributed by atoms with Crippen molar-refractivity contribution in [1.29, 1.82) is 0 Å². The maximum atomic E-state index is 6.60. The molecule has 2 aromatic carbocycles. The summed E-state index contributed by atoms with van der Waals surface area (Å²) < 4.78 is 23.8. The summed E-state index contributed by atoms with van der Waals surface area (Å²) in [6.45, 7) is 2.52. The van der Waals surface area contributed by atoms with Crippen LogP contribution in [-0.4, -0.2) is 30.8 Å². The van der Waals surface area contributed by atoms with Gasteiger partial charge in [0.05, 0.1) is 38.1 Å². The number of nitrogens with one attached hydrogen (secondary N) is 1. The minimum absolute atomic E-state index is 0.0738. The third-order valence-corrected chi connectivity index (χ3v) is 5.66. The van der Waals surface area contributed by atoms with Crippen molar-refractivity contribution < 1.29 is 18.9 Å². The minimum atomic E-state index is -0.482. The zero-order valence-corrected chi connectivity index (χ0v) is 18.2. The Morgan fingerprint density at radius 2 is 1.81 bits per heavy atom. The highest BCUT2D eigenvalue weighted by molar-refractivity contribution is 5.67. The van der Waals surface area contributed by atoms with Gasteiger partial charge in [0.1, 0.15) is 0 Å². The van der Waals surface area contributed by atoms with Crippen molar-refractivity contribution in [2.75, 3.05) is 20.8 Å². The molecule has 0 saturated carbocycles. The van der Waals surface area contributed by atoms with Gasteiger partial charge in [-0.25, -0.2) is 0 Å². The molecular weight excluding hydrogens is 406 g/mol. The first kappa shape index (κ1) is 20.2. The molecule has 0 saturated heterocycles. The number of hydrazine groups is 1. The third-order valence-electron chi connectivity index (χ3n) is 5.66. The summed E-state index contributed by atoms with van der Waals surface area (Å²) in [6.07, 6.45) is 5.32. The molecule has 0 aliphatic carbocycles. The molecule has 32 heavy (non-hydrogen) atoms. The lowest BCUT2D eigenvalue weighted by atomic mass is 10.00.